The number of hydrogen-bond donors (Lipinski definition) is 1. The molecule has 0 aromatic heterocycles. The van der Waals surface area contributed by atoms with Crippen LogP contribution in [0.4, 0.5) is 0 Å². The van der Waals surface area contributed by atoms with Crippen LogP contribution in [0.25, 0.3) is 0 Å². The van der Waals surface area contributed by atoms with Gasteiger partial charge in [-0.25, -0.2) is 0 Å². The average Bonchev–Trinajstić information content (AvgIpc) is 2.63. The van der Waals surface area contributed by atoms with E-state index in [1.807, 2.05) is 0 Å². The van der Waals surface area contributed by atoms with Crippen LogP contribution in [0.5, 0.6) is 0 Å². The van der Waals surface area contributed by atoms with Crippen LogP contribution in [0.3, 0.4) is 0 Å². The molecule has 0 aromatic carbocycles. The number of carbonyl (C=O) groups excluding carboxylic acids is 1. The molecule has 0 aliphatic heterocycles. The quantitative estimate of drug-likeness (QED) is 0.346. The summed E-state index contributed by atoms with van der Waals surface area (Å²) in [6.45, 7) is 5.07. The van der Waals surface area contributed by atoms with Crippen LogP contribution in [0, 0.1) is 17.8 Å². The van der Waals surface area contributed by atoms with Crippen LogP contribution in [-0.2, 0) is 14.3 Å². The Labute approximate surface area is 153 Å². The number of carbonyl (C=O) groups is 2. The van der Waals surface area contributed by atoms with Gasteiger partial charge in [0.1, 0.15) is 0 Å². The first-order valence-electron chi connectivity index (χ1n) is 10.5. The molecular weight excluding hydrogens is 316 g/mol. The minimum absolute atomic E-state index is 0.0838. The number of hydrogen-bond acceptors (Lipinski definition) is 3. The third kappa shape index (κ3) is 9.27. The van der Waals surface area contributed by atoms with Crippen LogP contribution in [0.1, 0.15) is 97.3 Å². The number of esters is 1. The molecule has 1 fully saturated rings. The largest absolute Gasteiger partial charge is 0.481 e. The second-order valence-electron chi connectivity index (χ2n) is 7.67. The normalized spacial score (nSPS) is 21.7. The van der Waals surface area contributed by atoms with Crippen LogP contribution < -0.4 is 0 Å². The van der Waals surface area contributed by atoms with E-state index in [0.717, 1.165) is 18.8 Å². The highest BCUT2D eigenvalue weighted by molar-refractivity contribution is 5.74. The van der Waals surface area contributed by atoms with Crippen molar-refractivity contribution in [2.45, 2.75) is 97.3 Å². The summed E-state index contributed by atoms with van der Waals surface area (Å²) >= 11 is 0. The summed E-state index contributed by atoms with van der Waals surface area (Å²) in [6, 6.07) is 0. The van der Waals surface area contributed by atoms with Crippen molar-refractivity contribution < 1.29 is 19.4 Å². The zero-order valence-corrected chi connectivity index (χ0v) is 16.3. The van der Waals surface area contributed by atoms with Crippen molar-refractivity contribution in [2.75, 3.05) is 6.61 Å². The lowest BCUT2D eigenvalue weighted by Crippen LogP contribution is -2.27. The Kier molecular flexibility index (Phi) is 11.6. The standard InChI is InChI=1S/C21H38O4/c1-3-5-10-17(4-2)11-8-6-7-9-16-25-21(24)19-14-12-18(13-15-19)20(22)23/h17-19H,3-16H2,1-2H3,(H,22,23). The molecule has 0 bridgehead atoms. The van der Waals surface area contributed by atoms with Gasteiger partial charge in [-0.1, -0.05) is 65.2 Å². The highest BCUT2D eigenvalue weighted by Gasteiger charge is 2.30. The lowest BCUT2D eigenvalue weighted by atomic mass is 9.82. The number of ether oxygens (including phenoxy) is 1. The van der Waals surface area contributed by atoms with E-state index in [0.29, 0.717) is 32.3 Å². The van der Waals surface area contributed by atoms with Gasteiger partial charge in [0, 0.05) is 0 Å². The Balaban J connectivity index is 2.00. The lowest BCUT2D eigenvalue weighted by molar-refractivity contribution is -0.152. The summed E-state index contributed by atoms with van der Waals surface area (Å²) in [4.78, 5) is 22.9. The third-order valence-electron chi connectivity index (χ3n) is 5.70. The van der Waals surface area contributed by atoms with Gasteiger partial charge in [-0.15, -0.1) is 0 Å². The van der Waals surface area contributed by atoms with Crippen molar-refractivity contribution in [3.8, 4) is 0 Å². The molecule has 1 N–H and O–H groups in total. The smallest absolute Gasteiger partial charge is 0.308 e. The van der Waals surface area contributed by atoms with Crippen molar-refractivity contribution in [1.29, 1.82) is 0 Å². The first-order valence-corrected chi connectivity index (χ1v) is 10.5. The van der Waals surface area contributed by atoms with E-state index < -0.39 is 5.97 Å². The van der Waals surface area contributed by atoms with Crippen molar-refractivity contribution in [1.82, 2.24) is 0 Å². The molecule has 0 radical (unpaired) electrons. The van der Waals surface area contributed by atoms with E-state index >= 15 is 0 Å². The van der Waals surface area contributed by atoms with Gasteiger partial charge in [-0.2, -0.15) is 0 Å². The van der Waals surface area contributed by atoms with Gasteiger partial charge in [-0.3, -0.25) is 9.59 Å². The first-order chi connectivity index (χ1) is 12.1. The molecule has 4 nitrogen and oxygen atoms in total. The molecule has 0 amide bonds. The number of rotatable bonds is 13. The van der Waals surface area contributed by atoms with Gasteiger partial charge in [0.15, 0.2) is 0 Å². The zero-order chi connectivity index (χ0) is 18.5. The Morgan fingerprint density at radius 2 is 1.52 bits per heavy atom. The van der Waals surface area contributed by atoms with E-state index in [4.69, 9.17) is 9.84 Å². The molecule has 0 spiro atoms. The van der Waals surface area contributed by atoms with Crippen LogP contribution >= 0.6 is 0 Å². The Bertz CT molecular complexity index is 372. The van der Waals surface area contributed by atoms with E-state index in [-0.39, 0.29) is 17.8 Å². The van der Waals surface area contributed by atoms with Crippen molar-refractivity contribution in [3.05, 3.63) is 0 Å². The van der Waals surface area contributed by atoms with E-state index in [1.165, 1.54) is 44.9 Å². The predicted octanol–water partition coefficient (Wildman–Crippen LogP) is 5.59. The topological polar surface area (TPSA) is 63.6 Å². The van der Waals surface area contributed by atoms with Gasteiger partial charge in [0.05, 0.1) is 18.4 Å². The molecule has 1 saturated carbocycles. The maximum Gasteiger partial charge on any atom is 0.308 e. The van der Waals surface area contributed by atoms with Crippen molar-refractivity contribution in [3.63, 3.8) is 0 Å². The van der Waals surface area contributed by atoms with Crippen molar-refractivity contribution in [2.24, 2.45) is 17.8 Å². The van der Waals surface area contributed by atoms with Gasteiger partial charge in [-0.05, 0) is 38.0 Å². The molecule has 1 atom stereocenters. The van der Waals surface area contributed by atoms with E-state index in [2.05, 4.69) is 13.8 Å². The maximum absolute atomic E-state index is 12.0. The molecule has 4 heteroatoms. The van der Waals surface area contributed by atoms with Gasteiger partial charge in [0.25, 0.3) is 0 Å². The summed E-state index contributed by atoms with van der Waals surface area (Å²) < 4.78 is 5.39. The second-order valence-corrected chi connectivity index (χ2v) is 7.67. The Morgan fingerprint density at radius 3 is 2.12 bits per heavy atom. The molecule has 1 aliphatic rings. The average molecular weight is 355 g/mol. The van der Waals surface area contributed by atoms with Gasteiger partial charge in [0.2, 0.25) is 0 Å². The monoisotopic (exact) mass is 354 g/mol. The lowest BCUT2D eigenvalue weighted by Gasteiger charge is -2.24. The number of unbranched alkanes of at least 4 members (excludes halogenated alkanes) is 4. The fourth-order valence-electron chi connectivity index (χ4n) is 3.80. The maximum atomic E-state index is 12.0. The first kappa shape index (κ1) is 22.0. The molecule has 25 heavy (non-hydrogen) atoms. The molecule has 146 valence electrons. The highest BCUT2D eigenvalue weighted by atomic mass is 16.5. The summed E-state index contributed by atoms with van der Waals surface area (Å²) in [6.07, 6.45) is 13.8. The van der Waals surface area contributed by atoms with E-state index in [9.17, 15) is 9.59 Å². The number of aliphatic carboxylic acids is 1. The minimum Gasteiger partial charge on any atom is -0.481 e. The van der Waals surface area contributed by atoms with Crippen LogP contribution in [-0.4, -0.2) is 23.7 Å². The van der Waals surface area contributed by atoms with Crippen molar-refractivity contribution >= 4 is 11.9 Å². The summed E-state index contributed by atoms with van der Waals surface area (Å²) in [5.74, 6) is -0.312. The number of carboxylic acids is 1. The predicted molar refractivity (Wildman–Crippen MR) is 100 cm³/mol. The second kappa shape index (κ2) is 13.2. The minimum atomic E-state index is -0.730. The molecule has 0 aromatic rings. The molecule has 1 aliphatic carbocycles. The van der Waals surface area contributed by atoms with E-state index in [1.54, 1.807) is 0 Å². The Morgan fingerprint density at radius 1 is 0.920 bits per heavy atom. The molecule has 1 unspecified atom stereocenters. The van der Waals surface area contributed by atoms with Gasteiger partial charge < -0.3 is 9.84 Å². The molecule has 0 heterocycles. The zero-order valence-electron chi connectivity index (χ0n) is 16.3. The third-order valence-corrected chi connectivity index (χ3v) is 5.70. The molecular formula is C21H38O4. The van der Waals surface area contributed by atoms with Crippen LogP contribution in [0.2, 0.25) is 0 Å². The molecule has 0 saturated heterocycles. The summed E-state index contributed by atoms with van der Waals surface area (Å²) in [5.41, 5.74) is 0. The number of carboxylic acid groups (broad SMARTS) is 1. The fourth-order valence-corrected chi connectivity index (χ4v) is 3.80. The summed E-state index contributed by atoms with van der Waals surface area (Å²) in [7, 11) is 0. The SMILES string of the molecule is CCCCC(CC)CCCCCCOC(=O)C1CCC(C(=O)O)CC1. The van der Waals surface area contributed by atoms with Gasteiger partial charge >= 0.3 is 11.9 Å². The molecule has 1 rings (SSSR count). The summed E-state index contributed by atoms with van der Waals surface area (Å²) in [5, 5.41) is 8.98. The highest BCUT2D eigenvalue weighted by Crippen LogP contribution is 2.29. The fraction of sp³-hybridized carbons (Fsp3) is 0.905. The Hall–Kier alpha value is -1.06. The van der Waals surface area contributed by atoms with Crippen LogP contribution in [0.15, 0.2) is 0 Å².